The number of carbonyl (C=O) groups is 2. The molecule has 0 spiro atoms. The first kappa shape index (κ1) is 22.6. The van der Waals surface area contributed by atoms with Crippen LogP contribution in [0.3, 0.4) is 0 Å². The maximum atomic E-state index is 12.6. The Morgan fingerprint density at radius 3 is 2.41 bits per heavy atom. The molecule has 2 rings (SSSR count). The van der Waals surface area contributed by atoms with Crippen molar-refractivity contribution in [2.45, 2.75) is 32.5 Å². The Kier molecular flexibility index (Phi) is 8.38. The van der Waals surface area contributed by atoms with Crippen LogP contribution in [0.15, 0.2) is 46.9 Å². The van der Waals surface area contributed by atoms with E-state index in [1.165, 1.54) is 13.0 Å². The van der Waals surface area contributed by atoms with E-state index in [4.69, 9.17) is 4.74 Å². The highest BCUT2D eigenvalue weighted by molar-refractivity contribution is 9.10. The van der Waals surface area contributed by atoms with Crippen LogP contribution >= 0.6 is 15.9 Å². The average Bonchev–Trinajstić information content (AvgIpc) is 2.67. The van der Waals surface area contributed by atoms with Crippen LogP contribution in [0.5, 0.6) is 11.5 Å². The maximum absolute atomic E-state index is 12.6. The topological polar surface area (TPSA) is 76.7 Å². The van der Waals surface area contributed by atoms with Crippen molar-refractivity contribution in [2.75, 3.05) is 7.11 Å². The van der Waals surface area contributed by atoms with Crippen LogP contribution in [0.2, 0.25) is 0 Å². The van der Waals surface area contributed by atoms with E-state index in [1.54, 1.807) is 43.5 Å². The van der Waals surface area contributed by atoms with Gasteiger partial charge in [0.1, 0.15) is 11.5 Å². The van der Waals surface area contributed by atoms with Gasteiger partial charge in [-0.1, -0.05) is 28.1 Å². The predicted octanol–water partition coefficient (Wildman–Crippen LogP) is 3.94. The summed E-state index contributed by atoms with van der Waals surface area (Å²) in [6.45, 7) is -1.61. The van der Waals surface area contributed by atoms with Gasteiger partial charge in [-0.3, -0.25) is 9.59 Å². The summed E-state index contributed by atoms with van der Waals surface area (Å²) >= 11 is 3.27. The highest BCUT2D eigenvalue weighted by Crippen LogP contribution is 2.25. The monoisotopic (exact) mass is 470 g/mol. The lowest BCUT2D eigenvalue weighted by atomic mass is 10.0. The second-order valence-electron chi connectivity index (χ2n) is 6.14. The van der Waals surface area contributed by atoms with Crippen LogP contribution in [0.25, 0.3) is 0 Å². The smallest absolute Gasteiger partial charge is 0.387 e. The zero-order valence-electron chi connectivity index (χ0n) is 15.9. The molecule has 0 bridgehead atoms. The number of halogens is 3. The molecule has 0 radical (unpaired) electrons. The van der Waals surface area contributed by atoms with Crippen LogP contribution in [0.1, 0.15) is 30.5 Å². The molecule has 2 aromatic rings. The Balaban J connectivity index is 2.06. The number of benzene rings is 2. The molecule has 2 aromatic carbocycles. The first-order chi connectivity index (χ1) is 13.8. The van der Waals surface area contributed by atoms with E-state index in [-0.39, 0.29) is 30.5 Å². The summed E-state index contributed by atoms with van der Waals surface area (Å²) in [7, 11) is 1.54. The number of amides is 2. The van der Waals surface area contributed by atoms with Crippen molar-refractivity contribution < 1.29 is 27.8 Å². The van der Waals surface area contributed by atoms with Crippen molar-refractivity contribution in [3.63, 3.8) is 0 Å². The fraction of sp³-hybridized carbons (Fsp3) is 0.300. The fourth-order valence-electron chi connectivity index (χ4n) is 2.68. The first-order valence-electron chi connectivity index (χ1n) is 8.69. The summed E-state index contributed by atoms with van der Waals surface area (Å²) in [6, 6.07) is 11.0. The molecule has 0 aliphatic heterocycles. The second-order valence-corrected chi connectivity index (χ2v) is 7.05. The Labute approximate surface area is 175 Å². The summed E-state index contributed by atoms with van der Waals surface area (Å²) in [5.41, 5.74) is 1.13. The summed E-state index contributed by atoms with van der Waals surface area (Å²) in [4.78, 5) is 24.0. The third-order valence-corrected chi connectivity index (χ3v) is 4.49. The Morgan fingerprint density at radius 1 is 1.14 bits per heavy atom. The maximum Gasteiger partial charge on any atom is 0.387 e. The minimum Gasteiger partial charge on any atom is -0.497 e. The summed E-state index contributed by atoms with van der Waals surface area (Å²) in [5.74, 6) is -0.00109. The fourth-order valence-corrected chi connectivity index (χ4v) is 3.09. The molecule has 2 amide bonds. The van der Waals surface area contributed by atoms with Gasteiger partial charge in [-0.15, -0.1) is 0 Å². The van der Waals surface area contributed by atoms with Crippen LogP contribution < -0.4 is 20.1 Å². The zero-order valence-corrected chi connectivity index (χ0v) is 17.5. The highest BCUT2D eigenvalue weighted by atomic mass is 79.9. The number of methoxy groups -OCH3 is 1. The molecule has 156 valence electrons. The lowest BCUT2D eigenvalue weighted by molar-refractivity contribution is -0.122. The molecule has 1 atom stereocenters. The molecule has 6 nitrogen and oxygen atoms in total. The number of ether oxygens (including phenoxy) is 2. The number of nitrogens with one attached hydrogen (secondary N) is 2. The number of carbonyl (C=O) groups excluding carboxylic acids is 2. The lowest BCUT2D eigenvalue weighted by Crippen LogP contribution is -2.32. The van der Waals surface area contributed by atoms with E-state index < -0.39 is 12.7 Å². The lowest BCUT2D eigenvalue weighted by Gasteiger charge is -2.19. The summed E-state index contributed by atoms with van der Waals surface area (Å²) in [5, 5.41) is 5.41. The molecule has 0 aromatic heterocycles. The molecule has 2 N–H and O–H groups in total. The van der Waals surface area contributed by atoms with Gasteiger partial charge in [-0.25, -0.2) is 0 Å². The molecule has 29 heavy (non-hydrogen) atoms. The number of rotatable bonds is 9. The Bertz CT molecular complexity index is 847. The normalized spacial score (nSPS) is 11.7. The van der Waals surface area contributed by atoms with Gasteiger partial charge in [0, 0.05) is 23.5 Å². The summed E-state index contributed by atoms with van der Waals surface area (Å²) in [6.07, 6.45) is -0.0229. The van der Waals surface area contributed by atoms with E-state index in [0.29, 0.717) is 15.8 Å². The molecule has 1 unspecified atom stereocenters. The quantitative estimate of drug-likeness (QED) is 0.581. The van der Waals surface area contributed by atoms with Crippen molar-refractivity contribution >= 4 is 27.7 Å². The molecule has 0 aliphatic rings. The number of hydrogen-bond donors (Lipinski definition) is 2. The molecule has 0 aliphatic carbocycles. The standard InChI is InChI=1S/C20H21BrF2N2O4/c1-12(26)25-17(13-3-6-16(28-2)7-4-13)10-19(27)24-11-14-9-15(21)5-8-18(14)29-20(22)23/h3-9,17,20H,10-11H2,1-2H3,(H,24,27)(H,25,26). The van der Waals surface area contributed by atoms with E-state index in [9.17, 15) is 18.4 Å². The average molecular weight is 471 g/mol. The van der Waals surface area contributed by atoms with E-state index in [1.807, 2.05) is 0 Å². The zero-order chi connectivity index (χ0) is 21.4. The van der Waals surface area contributed by atoms with Crippen molar-refractivity contribution in [1.82, 2.24) is 10.6 Å². The molecule has 0 heterocycles. The van der Waals surface area contributed by atoms with Crippen molar-refractivity contribution in [3.8, 4) is 11.5 Å². The van der Waals surface area contributed by atoms with Gasteiger partial charge in [0.25, 0.3) is 0 Å². The van der Waals surface area contributed by atoms with Crippen LogP contribution in [-0.2, 0) is 16.1 Å². The molecule has 0 fully saturated rings. The highest BCUT2D eigenvalue weighted by Gasteiger charge is 2.18. The minimum atomic E-state index is -2.97. The van der Waals surface area contributed by atoms with Gasteiger partial charge in [0.2, 0.25) is 11.8 Å². The van der Waals surface area contributed by atoms with Crippen LogP contribution in [0.4, 0.5) is 8.78 Å². The number of alkyl halides is 2. The van der Waals surface area contributed by atoms with Gasteiger partial charge in [-0.05, 0) is 35.9 Å². The van der Waals surface area contributed by atoms with Crippen molar-refractivity contribution in [1.29, 1.82) is 0 Å². The Hall–Kier alpha value is -2.68. The molecule has 0 saturated carbocycles. The van der Waals surface area contributed by atoms with Crippen LogP contribution in [0, 0.1) is 0 Å². The van der Waals surface area contributed by atoms with Gasteiger partial charge >= 0.3 is 6.61 Å². The summed E-state index contributed by atoms with van der Waals surface area (Å²) < 4.78 is 35.4. The minimum absolute atomic E-state index is 0.00424. The van der Waals surface area contributed by atoms with Crippen molar-refractivity contribution in [2.24, 2.45) is 0 Å². The third-order valence-electron chi connectivity index (χ3n) is 4.00. The molecular formula is C20H21BrF2N2O4. The van der Waals surface area contributed by atoms with E-state index >= 15 is 0 Å². The largest absolute Gasteiger partial charge is 0.497 e. The van der Waals surface area contributed by atoms with Gasteiger partial charge in [0.05, 0.1) is 19.6 Å². The van der Waals surface area contributed by atoms with Gasteiger partial charge in [0.15, 0.2) is 0 Å². The Morgan fingerprint density at radius 2 is 1.83 bits per heavy atom. The predicted molar refractivity (Wildman–Crippen MR) is 107 cm³/mol. The van der Waals surface area contributed by atoms with Crippen LogP contribution in [-0.4, -0.2) is 25.5 Å². The van der Waals surface area contributed by atoms with Gasteiger partial charge < -0.3 is 20.1 Å². The third kappa shape index (κ3) is 7.34. The molecule has 9 heteroatoms. The number of hydrogen-bond acceptors (Lipinski definition) is 4. The van der Waals surface area contributed by atoms with Gasteiger partial charge in [-0.2, -0.15) is 8.78 Å². The SMILES string of the molecule is COc1ccc(C(CC(=O)NCc2cc(Br)ccc2OC(F)F)NC(C)=O)cc1. The second kappa shape index (κ2) is 10.8. The molecule has 0 saturated heterocycles. The van der Waals surface area contributed by atoms with E-state index in [0.717, 1.165) is 5.56 Å². The van der Waals surface area contributed by atoms with E-state index in [2.05, 4.69) is 31.3 Å². The van der Waals surface area contributed by atoms with Crippen molar-refractivity contribution in [3.05, 3.63) is 58.1 Å². The molecular weight excluding hydrogens is 450 g/mol. The first-order valence-corrected chi connectivity index (χ1v) is 9.48.